The number of hydrogen-bond acceptors (Lipinski definition) is 14. The van der Waals surface area contributed by atoms with Crippen molar-refractivity contribution in [3.63, 3.8) is 0 Å². The first-order valence-corrected chi connectivity index (χ1v) is 21.5. The van der Waals surface area contributed by atoms with Crippen LogP contribution in [0.5, 0.6) is 0 Å². The highest BCUT2D eigenvalue weighted by Gasteiger charge is 2.37. The number of nitrogens with two attached hydrogens (primary N) is 2. The Kier molecular flexibility index (Phi) is 26.5. The predicted octanol–water partition coefficient (Wildman–Crippen LogP) is -4.03. The summed E-state index contributed by atoms with van der Waals surface area (Å²) in [6.45, 7) is 11.8. The van der Waals surface area contributed by atoms with Crippen LogP contribution < -0.4 is 54.0 Å². The molecule has 64 heavy (non-hydrogen) atoms. The molecular weight excluding hydrogens is 865 g/mol. The molecule has 0 aliphatic carbocycles. The lowest BCUT2D eigenvalue weighted by Gasteiger charge is -2.29. The fraction of sp³-hybridized carbons (Fsp3) is 0.718. The van der Waals surface area contributed by atoms with Crippen molar-refractivity contribution >= 4 is 77.7 Å². The number of carbonyl (C=O) groups excluding carboxylic acids is 9. The standard InChI is InChI=1S/C39H68N10O14S/c1-9-19(7)30(47-27(52)14-42-32(55)21(40)15-50)38(61)46-25(16-64)36(59)43-23(12-26(41)51)34(57)48-29(18(5)6)37(60)45-22(11-17(3)4)33(56)44-24(13-28(53)54)35(58)49-31(39(62)63)20(8)10-2/h17-25,29-31,50,64H,9-16,40H2,1-8H3,(H2,41,51)(H,42,55)(H,43,59)(H,44,56)(H,45,60)(H,46,61)(H,47,52)(H,48,57)(H,49,58)(H,53,54)(H,62,63)/t19-,20-,21-,22-,23-,24-,25-,29-,30-,31-/m0/s1. The highest BCUT2D eigenvalue weighted by atomic mass is 32.1. The van der Waals surface area contributed by atoms with Gasteiger partial charge >= 0.3 is 11.9 Å². The van der Waals surface area contributed by atoms with Gasteiger partial charge in [-0.25, -0.2) is 4.79 Å². The summed E-state index contributed by atoms with van der Waals surface area (Å²) in [4.78, 5) is 141. The van der Waals surface area contributed by atoms with Crippen LogP contribution in [0.3, 0.4) is 0 Å². The Morgan fingerprint density at radius 2 is 1.00 bits per heavy atom. The largest absolute Gasteiger partial charge is 0.481 e. The van der Waals surface area contributed by atoms with E-state index in [0.29, 0.717) is 12.8 Å². The summed E-state index contributed by atoms with van der Waals surface area (Å²) in [5.74, 6) is -13.8. The second-order valence-corrected chi connectivity index (χ2v) is 16.6. The molecule has 0 aromatic carbocycles. The smallest absolute Gasteiger partial charge is 0.326 e. The maximum atomic E-state index is 13.8. The summed E-state index contributed by atoms with van der Waals surface area (Å²) in [7, 11) is 0. The molecule has 9 amide bonds. The summed E-state index contributed by atoms with van der Waals surface area (Å²) < 4.78 is 0. The number of carbonyl (C=O) groups is 11. The fourth-order valence-electron chi connectivity index (χ4n) is 5.79. The number of hydrogen-bond donors (Lipinski definition) is 14. The van der Waals surface area contributed by atoms with E-state index in [2.05, 4.69) is 55.2 Å². The summed E-state index contributed by atoms with van der Waals surface area (Å²) in [6.07, 6.45) is -1.02. The number of rotatable bonds is 30. The number of thiol groups is 1. The minimum absolute atomic E-state index is 0.0446. The normalized spacial score (nSPS) is 15.8. The Hall–Kier alpha value is -5.56. The molecule has 15 N–H and O–H groups in total. The Morgan fingerprint density at radius 1 is 0.562 bits per heavy atom. The third-order valence-corrected chi connectivity index (χ3v) is 10.4. The molecule has 25 heteroatoms. The molecule has 0 aliphatic heterocycles. The van der Waals surface area contributed by atoms with Crippen molar-refractivity contribution in [2.24, 2.45) is 35.1 Å². The molecule has 0 fully saturated rings. The predicted molar refractivity (Wildman–Crippen MR) is 232 cm³/mol. The maximum Gasteiger partial charge on any atom is 0.326 e. The van der Waals surface area contributed by atoms with E-state index >= 15 is 0 Å². The topological polar surface area (TPSA) is 397 Å². The molecule has 0 radical (unpaired) electrons. The molecule has 0 aliphatic rings. The molecule has 0 aromatic rings. The molecule has 0 saturated carbocycles. The molecule has 0 rings (SSSR count). The zero-order chi connectivity index (χ0) is 49.6. The average molecular weight is 933 g/mol. The monoisotopic (exact) mass is 932 g/mol. The minimum atomic E-state index is -1.75. The molecule has 24 nitrogen and oxygen atoms in total. The number of carboxylic acids is 2. The van der Waals surface area contributed by atoms with Gasteiger partial charge in [0.15, 0.2) is 0 Å². The van der Waals surface area contributed by atoms with E-state index in [0.717, 1.165) is 0 Å². The molecule has 0 spiro atoms. The quantitative estimate of drug-likeness (QED) is 0.0305. The van der Waals surface area contributed by atoms with E-state index in [4.69, 9.17) is 16.6 Å². The third kappa shape index (κ3) is 20.7. The van der Waals surface area contributed by atoms with Crippen molar-refractivity contribution in [1.29, 1.82) is 0 Å². The van der Waals surface area contributed by atoms with E-state index < -0.39 is 157 Å². The van der Waals surface area contributed by atoms with Crippen LogP contribution in [0.1, 0.15) is 87.5 Å². The van der Waals surface area contributed by atoms with Gasteiger partial charge in [-0.05, 0) is 30.1 Å². The molecule has 0 saturated heterocycles. The van der Waals surface area contributed by atoms with Gasteiger partial charge in [0.1, 0.15) is 48.3 Å². The second kappa shape index (κ2) is 29.0. The van der Waals surface area contributed by atoms with E-state index in [9.17, 15) is 63.0 Å². The van der Waals surface area contributed by atoms with Crippen molar-refractivity contribution in [1.82, 2.24) is 42.5 Å². The van der Waals surface area contributed by atoms with Gasteiger partial charge in [0, 0.05) is 5.75 Å². The van der Waals surface area contributed by atoms with Gasteiger partial charge in [-0.15, -0.1) is 0 Å². The molecule has 0 heterocycles. The van der Waals surface area contributed by atoms with Crippen LogP contribution in [0, 0.1) is 23.7 Å². The zero-order valence-corrected chi connectivity index (χ0v) is 38.4. The van der Waals surface area contributed by atoms with Crippen LogP contribution in [0.4, 0.5) is 0 Å². The van der Waals surface area contributed by atoms with E-state index in [-0.39, 0.29) is 18.1 Å². The number of aliphatic hydroxyl groups excluding tert-OH is 1. The number of amides is 9. The van der Waals surface area contributed by atoms with Crippen molar-refractivity contribution in [2.45, 2.75) is 136 Å². The lowest BCUT2D eigenvalue weighted by Crippen LogP contribution is -2.62. The molecule has 0 unspecified atom stereocenters. The van der Waals surface area contributed by atoms with Gasteiger partial charge < -0.3 is 69.3 Å². The van der Waals surface area contributed by atoms with Gasteiger partial charge in [0.05, 0.1) is 26.0 Å². The highest BCUT2D eigenvalue weighted by Crippen LogP contribution is 2.13. The molecular formula is C39H68N10O14S. The van der Waals surface area contributed by atoms with Crippen LogP contribution in [0.2, 0.25) is 0 Å². The van der Waals surface area contributed by atoms with Crippen molar-refractivity contribution < 1.29 is 68.1 Å². The number of primary amides is 1. The van der Waals surface area contributed by atoms with Gasteiger partial charge in [-0.2, -0.15) is 12.6 Å². The van der Waals surface area contributed by atoms with Crippen LogP contribution in [0.15, 0.2) is 0 Å². The number of nitrogens with one attached hydrogen (secondary N) is 8. The van der Waals surface area contributed by atoms with Crippen molar-refractivity contribution in [2.75, 3.05) is 18.9 Å². The SMILES string of the molecule is CC[C@H](C)[C@H](NC(=O)[C@H](CC(=O)O)NC(=O)[C@H](CC(C)C)NC(=O)[C@@H](NC(=O)[C@H](CC(N)=O)NC(=O)[C@H](CS)NC(=O)[C@@H](NC(=O)CNC(=O)[C@@H](N)CO)[C@@H](C)CC)C(C)C)C(=O)O. The molecule has 10 atom stereocenters. The van der Waals surface area contributed by atoms with Gasteiger partial charge in [-0.3, -0.25) is 47.9 Å². The van der Waals surface area contributed by atoms with Crippen LogP contribution in [0.25, 0.3) is 0 Å². The summed E-state index contributed by atoms with van der Waals surface area (Å²) in [6, 6.07) is -11.7. The first-order valence-electron chi connectivity index (χ1n) is 20.8. The van der Waals surface area contributed by atoms with Crippen molar-refractivity contribution in [3.05, 3.63) is 0 Å². The lowest BCUT2D eigenvalue weighted by atomic mass is 9.98. The zero-order valence-electron chi connectivity index (χ0n) is 37.5. The van der Waals surface area contributed by atoms with Gasteiger partial charge in [0.2, 0.25) is 53.2 Å². The van der Waals surface area contributed by atoms with Crippen LogP contribution in [-0.2, 0) is 52.7 Å². The number of aliphatic carboxylic acids is 2. The van der Waals surface area contributed by atoms with Gasteiger partial charge in [0.25, 0.3) is 0 Å². The maximum absolute atomic E-state index is 13.8. The fourth-order valence-corrected chi connectivity index (χ4v) is 6.05. The van der Waals surface area contributed by atoms with E-state index in [1.54, 1.807) is 41.5 Å². The average Bonchev–Trinajstić information content (AvgIpc) is 3.21. The van der Waals surface area contributed by atoms with E-state index in [1.165, 1.54) is 13.8 Å². The number of aliphatic hydroxyl groups is 1. The molecule has 0 bridgehead atoms. The molecule has 364 valence electrons. The first-order chi connectivity index (χ1) is 29.7. The van der Waals surface area contributed by atoms with Crippen LogP contribution in [-0.4, -0.2) is 148 Å². The van der Waals surface area contributed by atoms with Gasteiger partial charge in [-0.1, -0.05) is 68.2 Å². The Labute approximate surface area is 377 Å². The number of carboxylic acid groups (broad SMARTS) is 2. The van der Waals surface area contributed by atoms with Crippen molar-refractivity contribution in [3.8, 4) is 0 Å². The Balaban J connectivity index is 6.27. The Morgan fingerprint density at radius 3 is 1.44 bits per heavy atom. The Bertz CT molecular complexity index is 1670. The minimum Gasteiger partial charge on any atom is -0.481 e. The van der Waals surface area contributed by atoms with E-state index in [1.807, 2.05) is 0 Å². The highest BCUT2D eigenvalue weighted by molar-refractivity contribution is 7.80. The molecule has 0 aromatic heterocycles. The summed E-state index contributed by atoms with van der Waals surface area (Å²) >= 11 is 4.14. The third-order valence-electron chi connectivity index (χ3n) is 10.00. The second-order valence-electron chi connectivity index (χ2n) is 16.2. The summed E-state index contributed by atoms with van der Waals surface area (Å²) in [5.41, 5.74) is 10.8. The first kappa shape index (κ1) is 58.4. The lowest BCUT2D eigenvalue weighted by molar-refractivity contribution is -0.145. The van der Waals surface area contributed by atoms with Crippen LogP contribution >= 0.6 is 12.6 Å². The summed E-state index contributed by atoms with van der Waals surface area (Å²) in [5, 5.41) is 47.1.